The molecular formula is C10H23O5PS. The lowest BCUT2D eigenvalue weighted by molar-refractivity contribution is 0.0858. The molecular weight excluding hydrogens is 263 g/mol. The van der Waals surface area contributed by atoms with E-state index < -0.39 is 6.80 Å². The van der Waals surface area contributed by atoms with Crippen LogP contribution in [0.15, 0.2) is 0 Å². The number of rotatable bonds is 12. The first-order chi connectivity index (χ1) is 8.18. The Bertz CT molecular complexity index is 199. The zero-order chi connectivity index (χ0) is 13.0. The van der Waals surface area contributed by atoms with Crippen molar-refractivity contribution in [2.24, 2.45) is 0 Å². The monoisotopic (exact) mass is 286 g/mol. The molecule has 0 aliphatic rings. The summed E-state index contributed by atoms with van der Waals surface area (Å²) in [5.74, 6) is 0.681. The first-order valence-corrected chi connectivity index (χ1v) is 9.01. The average molecular weight is 286 g/mol. The zero-order valence-electron chi connectivity index (χ0n) is 10.8. The fourth-order valence-corrected chi connectivity index (χ4v) is 3.95. The summed E-state index contributed by atoms with van der Waals surface area (Å²) in [4.78, 5) is 0. The SMILES string of the molecule is CCOCCOP(=O)(OCCOCC)SCC. The van der Waals surface area contributed by atoms with Gasteiger partial charge in [-0.3, -0.25) is 9.05 Å². The van der Waals surface area contributed by atoms with Crippen molar-refractivity contribution < 1.29 is 23.1 Å². The van der Waals surface area contributed by atoms with Gasteiger partial charge in [-0.2, -0.15) is 0 Å². The first kappa shape index (κ1) is 17.4. The second kappa shape index (κ2) is 11.5. The molecule has 0 spiro atoms. The minimum absolute atomic E-state index is 0.284. The smallest absolute Gasteiger partial charge is 0.379 e. The molecule has 0 heterocycles. The summed E-state index contributed by atoms with van der Waals surface area (Å²) in [5, 5.41) is 0. The quantitative estimate of drug-likeness (QED) is 0.406. The summed E-state index contributed by atoms with van der Waals surface area (Å²) >= 11 is 1.19. The Morgan fingerprint density at radius 1 is 0.882 bits per heavy atom. The lowest BCUT2D eigenvalue weighted by Crippen LogP contribution is -2.06. The van der Waals surface area contributed by atoms with E-state index in [4.69, 9.17) is 18.5 Å². The first-order valence-electron chi connectivity index (χ1n) is 5.87. The van der Waals surface area contributed by atoms with Crippen LogP contribution < -0.4 is 0 Å². The summed E-state index contributed by atoms with van der Waals surface area (Å²) in [6.45, 7) is 5.35. The second-order valence-electron chi connectivity index (χ2n) is 2.93. The maximum atomic E-state index is 12.1. The molecule has 0 atom stereocenters. The molecule has 0 saturated carbocycles. The van der Waals surface area contributed by atoms with Crippen molar-refractivity contribution in [1.29, 1.82) is 0 Å². The summed E-state index contributed by atoms with van der Waals surface area (Å²) < 4.78 is 32.9. The van der Waals surface area contributed by atoms with Crippen LogP contribution in [0.25, 0.3) is 0 Å². The van der Waals surface area contributed by atoms with E-state index in [0.29, 0.717) is 32.2 Å². The standard InChI is InChI=1S/C10H23O5PS/c1-4-12-7-9-14-16(11,17-6-3)15-10-8-13-5-2/h4-10H2,1-3H3. The van der Waals surface area contributed by atoms with E-state index in [1.165, 1.54) is 11.4 Å². The topological polar surface area (TPSA) is 54.0 Å². The second-order valence-corrected chi connectivity index (χ2v) is 7.29. The molecule has 17 heavy (non-hydrogen) atoms. The van der Waals surface area contributed by atoms with Crippen molar-refractivity contribution >= 4 is 18.2 Å². The predicted octanol–water partition coefficient (Wildman–Crippen LogP) is 2.95. The average Bonchev–Trinajstić information content (AvgIpc) is 2.31. The third-order valence-corrected chi connectivity index (χ3v) is 5.58. The molecule has 5 nitrogen and oxygen atoms in total. The van der Waals surface area contributed by atoms with Gasteiger partial charge in [0.1, 0.15) is 0 Å². The molecule has 0 unspecified atom stereocenters. The molecule has 0 aromatic carbocycles. The zero-order valence-corrected chi connectivity index (χ0v) is 12.6. The minimum Gasteiger partial charge on any atom is -0.379 e. The van der Waals surface area contributed by atoms with Crippen molar-refractivity contribution in [2.75, 3.05) is 45.4 Å². The van der Waals surface area contributed by atoms with E-state index in [2.05, 4.69) is 0 Å². The van der Waals surface area contributed by atoms with E-state index >= 15 is 0 Å². The molecule has 7 heteroatoms. The van der Waals surface area contributed by atoms with Crippen molar-refractivity contribution in [3.05, 3.63) is 0 Å². The van der Waals surface area contributed by atoms with Gasteiger partial charge < -0.3 is 9.47 Å². The Morgan fingerprint density at radius 3 is 1.71 bits per heavy atom. The highest BCUT2D eigenvalue weighted by atomic mass is 32.7. The highest BCUT2D eigenvalue weighted by molar-refractivity contribution is 8.55. The molecule has 0 aromatic rings. The van der Waals surface area contributed by atoms with Gasteiger partial charge in [0.2, 0.25) is 0 Å². The van der Waals surface area contributed by atoms with E-state index in [9.17, 15) is 4.57 Å². The van der Waals surface area contributed by atoms with Gasteiger partial charge in [-0.25, -0.2) is 4.57 Å². The van der Waals surface area contributed by atoms with Gasteiger partial charge in [-0.15, -0.1) is 0 Å². The van der Waals surface area contributed by atoms with Crippen LogP contribution in [0.4, 0.5) is 0 Å². The third kappa shape index (κ3) is 10.1. The molecule has 0 fully saturated rings. The largest absolute Gasteiger partial charge is 0.389 e. The fraction of sp³-hybridized carbons (Fsp3) is 1.00. The number of hydrogen-bond acceptors (Lipinski definition) is 6. The lowest BCUT2D eigenvalue weighted by atomic mass is 10.8. The molecule has 104 valence electrons. The van der Waals surface area contributed by atoms with Crippen LogP contribution in [0.1, 0.15) is 20.8 Å². The summed E-state index contributed by atoms with van der Waals surface area (Å²) in [7, 11) is 0. The van der Waals surface area contributed by atoms with Crippen LogP contribution >= 0.6 is 18.2 Å². The van der Waals surface area contributed by atoms with Gasteiger partial charge in [0.05, 0.1) is 26.4 Å². The Morgan fingerprint density at radius 2 is 1.35 bits per heavy atom. The van der Waals surface area contributed by atoms with Crippen LogP contribution in [0.3, 0.4) is 0 Å². The molecule has 0 radical (unpaired) electrons. The van der Waals surface area contributed by atoms with Crippen molar-refractivity contribution in [3.63, 3.8) is 0 Å². The van der Waals surface area contributed by atoms with Crippen LogP contribution in [0, 0.1) is 0 Å². The van der Waals surface area contributed by atoms with Gasteiger partial charge >= 0.3 is 6.80 Å². The van der Waals surface area contributed by atoms with Crippen molar-refractivity contribution in [2.45, 2.75) is 20.8 Å². The van der Waals surface area contributed by atoms with Gasteiger partial charge in [0.25, 0.3) is 0 Å². The Kier molecular flexibility index (Phi) is 11.8. The lowest BCUT2D eigenvalue weighted by Gasteiger charge is -2.16. The predicted molar refractivity (Wildman–Crippen MR) is 70.6 cm³/mol. The Hall–Kier alpha value is 0.420. The molecule has 0 aliphatic carbocycles. The molecule has 0 aliphatic heterocycles. The number of hydrogen-bond donors (Lipinski definition) is 0. The molecule has 0 bridgehead atoms. The maximum absolute atomic E-state index is 12.1. The van der Waals surface area contributed by atoms with Crippen LogP contribution in [0.5, 0.6) is 0 Å². The summed E-state index contributed by atoms with van der Waals surface area (Å²) in [6.07, 6.45) is 0. The molecule has 0 N–H and O–H groups in total. The van der Waals surface area contributed by atoms with Gasteiger partial charge in [0, 0.05) is 19.0 Å². The number of ether oxygens (including phenoxy) is 2. The van der Waals surface area contributed by atoms with Gasteiger partial charge in [-0.1, -0.05) is 6.92 Å². The van der Waals surface area contributed by atoms with Gasteiger partial charge in [0.15, 0.2) is 0 Å². The van der Waals surface area contributed by atoms with E-state index in [-0.39, 0.29) is 13.2 Å². The third-order valence-electron chi connectivity index (χ3n) is 1.65. The molecule has 0 aromatic heterocycles. The fourth-order valence-electron chi connectivity index (χ4n) is 0.975. The summed E-state index contributed by atoms with van der Waals surface area (Å²) in [5.41, 5.74) is 0. The van der Waals surface area contributed by atoms with E-state index in [0.717, 1.165) is 0 Å². The van der Waals surface area contributed by atoms with Crippen molar-refractivity contribution in [3.8, 4) is 0 Å². The molecule has 0 saturated heterocycles. The summed E-state index contributed by atoms with van der Waals surface area (Å²) in [6, 6.07) is 0. The normalized spacial score (nSPS) is 11.9. The van der Waals surface area contributed by atoms with Gasteiger partial charge in [-0.05, 0) is 25.2 Å². The highest BCUT2D eigenvalue weighted by Gasteiger charge is 2.24. The van der Waals surface area contributed by atoms with Crippen LogP contribution in [-0.2, 0) is 23.1 Å². The highest BCUT2D eigenvalue weighted by Crippen LogP contribution is 2.60. The Labute approximate surface area is 108 Å². The van der Waals surface area contributed by atoms with Crippen LogP contribution in [-0.4, -0.2) is 45.4 Å². The van der Waals surface area contributed by atoms with E-state index in [1.54, 1.807) is 0 Å². The Balaban J connectivity index is 3.85. The van der Waals surface area contributed by atoms with E-state index in [1.807, 2.05) is 20.8 Å². The maximum Gasteiger partial charge on any atom is 0.389 e. The minimum atomic E-state index is -3.04. The van der Waals surface area contributed by atoms with Crippen LogP contribution in [0.2, 0.25) is 0 Å². The van der Waals surface area contributed by atoms with Crippen molar-refractivity contribution in [1.82, 2.24) is 0 Å². The molecule has 0 rings (SSSR count). The molecule has 0 amide bonds.